The summed E-state index contributed by atoms with van der Waals surface area (Å²) in [5.41, 5.74) is 0. The fourth-order valence-corrected chi connectivity index (χ4v) is 0. The summed E-state index contributed by atoms with van der Waals surface area (Å²) in [6, 6.07) is 0. The maximum Gasteiger partial charge on any atom is 3.00 e. The summed E-state index contributed by atoms with van der Waals surface area (Å²) < 4.78 is 0. The van der Waals surface area contributed by atoms with Gasteiger partial charge in [0.05, 0.1) is 0 Å². The van der Waals surface area contributed by atoms with Crippen LogP contribution in [0.15, 0.2) is 0 Å². The van der Waals surface area contributed by atoms with Gasteiger partial charge in [-0.25, -0.2) is 0 Å². The SMILES string of the molecule is [Al+3].[F-].[F-].[Mg+2]. The van der Waals surface area contributed by atoms with E-state index in [0.29, 0.717) is 0 Å². The molecule has 0 saturated heterocycles. The van der Waals surface area contributed by atoms with E-state index in [0.717, 1.165) is 0 Å². The van der Waals surface area contributed by atoms with E-state index in [-0.39, 0.29) is 49.8 Å². The van der Waals surface area contributed by atoms with Crippen LogP contribution < -0.4 is 9.41 Å². The van der Waals surface area contributed by atoms with Gasteiger partial charge < -0.3 is 9.41 Å². The quantitative estimate of drug-likeness (QED) is 0.259. The molecule has 0 atom stereocenters. The largest absolute Gasteiger partial charge is 3.00 e. The number of hydrogen-bond acceptors (Lipinski definition) is 0. The van der Waals surface area contributed by atoms with E-state index in [4.69, 9.17) is 0 Å². The van der Waals surface area contributed by atoms with E-state index >= 15 is 0 Å². The smallest absolute Gasteiger partial charge is 1.00 e. The van der Waals surface area contributed by atoms with Crippen LogP contribution in [0.2, 0.25) is 0 Å². The van der Waals surface area contributed by atoms with Gasteiger partial charge in [0.2, 0.25) is 0 Å². The van der Waals surface area contributed by atoms with E-state index in [1.165, 1.54) is 0 Å². The first-order chi connectivity index (χ1) is 0. The molecule has 0 fully saturated rings. The summed E-state index contributed by atoms with van der Waals surface area (Å²) in [5.74, 6) is 0. The van der Waals surface area contributed by atoms with Crippen molar-refractivity contribution in [3.8, 4) is 0 Å². The molecule has 0 rings (SSSR count). The molecule has 0 aliphatic carbocycles. The van der Waals surface area contributed by atoms with Gasteiger partial charge in [-0.3, -0.25) is 0 Å². The molecule has 0 saturated carbocycles. The van der Waals surface area contributed by atoms with Crippen LogP contribution in [0.4, 0.5) is 0 Å². The van der Waals surface area contributed by atoms with Crippen LogP contribution in [0.1, 0.15) is 0 Å². The van der Waals surface area contributed by atoms with Gasteiger partial charge >= 0.3 is 40.4 Å². The first-order valence-corrected chi connectivity index (χ1v) is 0. The number of halogens is 2. The zero-order chi connectivity index (χ0) is 0. The summed E-state index contributed by atoms with van der Waals surface area (Å²) in [7, 11) is 0. The molecule has 0 amide bonds. The summed E-state index contributed by atoms with van der Waals surface area (Å²) in [6.45, 7) is 0. The van der Waals surface area contributed by atoms with Crippen molar-refractivity contribution in [1.29, 1.82) is 0 Å². The van der Waals surface area contributed by atoms with Gasteiger partial charge in [0.15, 0.2) is 0 Å². The van der Waals surface area contributed by atoms with Gasteiger partial charge in [0.25, 0.3) is 0 Å². The van der Waals surface area contributed by atoms with Crippen molar-refractivity contribution in [2.75, 3.05) is 0 Å². The molecule has 0 aliphatic rings. The molecule has 4 heteroatoms. The van der Waals surface area contributed by atoms with Crippen molar-refractivity contribution in [3.05, 3.63) is 0 Å². The average molecular weight is 89.3 g/mol. The summed E-state index contributed by atoms with van der Waals surface area (Å²) in [5, 5.41) is 0. The van der Waals surface area contributed by atoms with Crippen molar-refractivity contribution in [3.63, 3.8) is 0 Å². The Balaban J connectivity index is 0. The predicted molar refractivity (Wildman–Crippen MR) is 11.5 cm³/mol. The molecule has 0 N–H and O–H groups in total. The summed E-state index contributed by atoms with van der Waals surface area (Å²) in [6.07, 6.45) is 0. The van der Waals surface area contributed by atoms with Crippen LogP contribution in [0, 0.1) is 0 Å². The van der Waals surface area contributed by atoms with E-state index in [1.54, 1.807) is 0 Å². The van der Waals surface area contributed by atoms with E-state index in [1.807, 2.05) is 0 Å². The van der Waals surface area contributed by atoms with E-state index in [2.05, 4.69) is 0 Å². The van der Waals surface area contributed by atoms with Gasteiger partial charge in [-0.15, -0.1) is 0 Å². The van der Waals surface area contributed by atoms with Crippen molar-refractivity contribution >= 4 is 40.4 Å². The molecule has 0 aliphatic heterocycles. The average Bonchev–Trinajstić information content (AvgIpc) is 0. The molecule has 0 aromatic rings. The summed E-state index contributed by atoms with van der Waals surface area (Å²) in [4.78, 5) is 0. The Morgan fingerprint density at radius 2 is 0.750 bits per heavy atom. The molecule has 0 spiro atoms. The van der Waals surface area contributed by atoms with Crippen LogP contribution in [-0.2, 0) is 0 Å². The molecule has 0 heterocycles. The molecule has 0 radical (unpaired) electrons. The van der Waals surface area contributed by atoms with Crippen LogP contribution in [0.3, 0.4) is 0 Å². The number of rotatable bonds is 0. The van der Waals surface area contributed by atoms with Crippen LogP contribution >= 0.6 is 0 Å². The first kappa shape index (κ1) is 66.5. The Hall–Kier alpha value is 1.16. The second-order valence-electron chi connectivity index (χ2n) is 0. The van der Waals surface area contributed by atoms with Gasteiger partial charge in [-0.1, -0.05) is 0 Å². The van der Waals surface area contributed by atoms with E-state index < -0.39 is 0 Å². The molecule has 0 nitrogen and oxygen atoms in total. The third-order valence-electron chi connectivity index (χ3n) is 0. The minimum absolute atomic E-state index is 0. The fourth-order valence-electron chi connectivity index (χ4n) is 0. The Bertz CT molecular complexity index is 6.00. The zero-order valence-electron chi connectivity index (χ0n) is 2.04. The fraction of sp³-hybridized carbons (Fsp3) is 0. The molecular formula is AlF2Mg+3. The molecule has 0 aromatic carbocycles. The monoisotopic (exact) mass is 89.0 g/mol. The number of hydrogen-bond donors (Lipinski definition) is 0. The minimum atomic E-state index is 0. The molecular weight excluding hydrogens is 89.3 g/mol. The molecule has 0 bridgehead atoms. The minimum Gasteiger partial charge on any atom is -1.00 e. The van der Waals surface area contributed by atoms with Crippen LogP contribution in [-0.4, -0.2) is 40.4 Å². The maximum atomic E-state index is 0. The maximum absolute atomic E-state index is 0. The third-order valence-corrected chi connectivity index (χ3v) is 0. The third kappa shape index (κ3) is 11.0. The zero-order valence-corrected chi connectivity index (χ0v) is 4.61. The normalized spacial score (nSPS) is 0. The van der Waals surface area contributed by atoms with Crippen molar-refractivity contribution < 1.29 is 9.41 Å². The van der Waals surface area contributed by atoms with E-state index in [9.17, 15) is 0 Å². The predicted octanol–water partition coefficient (Wildman–Crippen LogP) is -6.75. The Morgan fingerprint density at radius 3 is 0.750 bits per heavy atom. The molecule has 0 aromatic heterocycles. The second kappa shape index (κ2) is 30.9. The second-order valence-corrected chi connectivity index (χ2v) is 0. The molecule has 0 unspecified atom stereocenters. The van der Waals surface area contributed by atoms with Crippen LogP contribution in [0.25, 0.3) is 0 Å². The topological polar surface area (TPSA) is 0 Å². The first-order valence-electron chi connectivity index (χ1n) is 0. The summed E-state index contributed by atoms with van der Waals surface area (Å²) >= 11 is 0. The molecule has 4 heavy (non-hydrogen) atoms. The van der Waals surface area contributed by atoms with Gasteiger partial charge in [0, 0.05) is 0 Å². The van der Waals surface area contributed by atoms with Gasteiger partial charge in [0.1, 0.15) is 0 Å². The van der Waals surface area contributed by atoms with Crippen molar-refractivity contribution in [2.45, 2.75) is 0 Å². The standard InChI is InChI=1S/Al.2FH.Mg/h;2*1H;/q+3;;;+2/p-2. The van der Waals surface area contributed by atoms with Gasteiger partial charge in [-0.05, 0) is 0 Å². The van der Waals surface area contributed by atoms with Crippen molar-refractivity contribution in [1.82, 2.24) is 0 Å². The molecule has 16 valence electrons. The Morgan fingerprint density at radius 1 is 0.750 bits per heavy atom. The van der Waals surface area contributed by atoms with Crippen molar-refractivity contribution in [2.24, 2.45) is 0 Å². The van der Waals surface area contributed by atoms with Gasteiger partial charge in [-0.2, -0.15) is 0 Å². The Kier molecular flexibility index (Phi) is 513. The Labute approximate surface area is 50.0 Å². The van der Waals surface area contributed by atoms with Crippen LogP contribution in [0.5, 0.6) is 0 Å².